The van der Waals surface area contributed by atoms with Crippen LogP contribution in [0.5, 0.6) is 0 Å². The number of sulfonamides is 1. The molecule has 0 aliphatic heterocycles. The first-order valence-corrected chi connectivity index (χ1v) is 7.39. The minimum absolute atomic E-state index is 0.00978. The molecule has 0 aliphatic rings. The summed E-state index contributed by atoms with van der Waals surface area (Å²) < 4.78 is 27.8. The fourth-order valence-corrected chi connectivity index (χ4v) is 2.30. The van der Waals surface area contributed by atoms with Gasteiger partial charge in [0.1, 0.15) is 5.76 Å². The highest BCUT2D eigenvalue weighted by Crippen LogP contribution is 2.25. The molecule has 0 saturated carbocycles. The van der Waals surface area contributed by atoms with Gasteiger partial charge in [0.15, 0.2) is 0 Å². The lowest BCUT2D eigenvalue weighted by Crippen LogP contribution is -2.12. The van der Waals surface area contributed by atoms with Crippen LogP contribution in [0.4, 0.5) is 5.69 Å². The zero-order valence-electron chi connectivity index (χ0n) is 10.2. The Labute approximate surface area is 116 Å². The maximum atomic E-state index is 11.3. The average molecular weight is 301 g/mol. The van der Waals surface area contributed by atoms with Crippen molar-refractivity contribution in [2.75, 3.05) is 5.32 Å². The summed E-state index contributed by atoms with van der Waals surface area (Å²) in [4.78, 5) is 0.00978. The van der Waals surface area contributed by atoms with E-state index in [1.807, 2.05) is 13.0 Å². The number of rotatable bonds is 4. The molecule has 0 radical (unpaired) electrons. The molecule has 1 aromatic carbocycles. The molecular formula is C12H13ClN2O3S. The Balaban J connectivity index is 2.23. The van der Waals surface area contributed by atoms with Crippen molar-refractivity contribution in [1.29, 1.82) is 0 Å². The quantitative estimate of drug-likeness (QED) is 0.908. The molecule has 0 bridgehead atoms. The van der Waals surface area contributed by atoms with Crippen molar-refractivity contribution in [3.63, 3.8) is 0 Å². The molecule has 0 spiro atoms. The first-order valence-electron chi connectivity index (χ1n) is 5.47. The lowest BCUT2D eigenvalue weighted by Gasteiger charge is -2.09. The van der Waals surface area contributed by atoms with E-state index in [2.05, 4.69) is 5.32 Å². The third-order valence-electron chi connectivity index (χ3n) is 2.67. The van der Waals surface area contributed by atoms with Crippen molar-refractivity contribution in [2.24, 2.45) is 5.14 Å². The van der Waals surface area contributed by atoms with Crippen LogP contribution >= 0.6 is 11.6 Å². The molecule has 0 amide bonds. The SMILES string of the molecule is Cc1ccoc1CNc1cc(S(N)(=O)=O)ccc1Cl. The summed E-state index contributed by atoms with van der Waals surface area (Å²) in [6.07, 6.45) is 1.59. The lowest BCUT2D eigenvalue weighted by molar-refractivity contribution is 0.515. The number of benzene rings is 1. The topological polar surface area (TPSA) is 85.3 Å². The Morgan fingerprint density at radius 1 is 1.37 bits per heavy atom. The molecule has 0 saturated heterocycles. The smallest absolute Gasteiger partial charge is 0.238 e. The minimum atomic E-state index is -3.74. The molecular weight excluding hydrogens is 288 g/mol. The zero-order chi connectivity index (χ0) is 14.0. The third kappa shape index (κ3) is 3.28. The summed E-state index contributed by atoms with van der Waals surface area (Å²) in [6.45, 7) is 2.33. The highest BCUT2D eigenvalue weighted by molar-refractivity contribution is 7.89. The van der Waals surface area contributed by atoms with Crippen molar-refractivity contribution in [2.45, 2.75) is 18.4 Å². The number of anilines is 1. The van der Waals surface area contributed by atoms with Crippen LogP contribution in [-0.2, 0) is 16.6 Å². The van der Waals surface area contributed by atoms with E-state index >= 15 is 0 Å². The summed E-state index contributed by atoms with van der Waals surface area (Å²) >= 11 is 6.00. The van der Waals surface area contributed by atoms with Crippen LogP contribution in [0.15, 0.2) is 39.8 Å². The largest absolute Gasteiger partial charge is 0.467 e. The van der Waals surface area contributed by atoms with E-state index in [9.17, 15) is 8.42 Å². The number of hydrogen-bond acceptors (Lipinski definition) is 4. The molecule has 1 aromatic heterocycles. The predicted molar refractivity (Wildman–Crippen MR) is 73.6 cm³/mol. The van der Waals surface area contributed by atoms with Gasteiger partial charge in [-0.1, -0.05) is 11.6 Å². The van der Waals surface area contributed by atoms with Gasteiger partial charge in [0.2, 0.25) is 10.0 Å². The van der Waals surface area contributed by atoms with Crippen molar-refractivity contribution in [1.82, 2.24) is 0 Å². The Morgan fingerprint density at radius 2 is 2.11 bits per heavy atom. The number of primary sulfonamides is 1. The second-order valence-corrected chi connectivity index (χ2v) is 6.04. The average Bonchev–Trinajstić information content (AvgIpc) is 2.72. The molecule has 2 aromatic rings. The van der Waals surface area contributed by atoms with Crippen LogP contribution in [0.2, 0.25) is 5.02 Å². The summed E-state index contributed by atoms with van der Waals surface area (Å²) in [5.74, 6) is 0.761. The minimum Gasteiger partial charge on any atom is -0.467 e. The van der Waals surface area contributed by atoms with E-state index < -0.39 is 10.0 Å². The van der Waals surface area contributed by atoms with Crippen molar-refractivity contribution in [3.05, 3.63) is 46.9 Å². The van der Waals surface area contributed by atoms with Crippen molar-refractivity contribution in [3.8, 4) is 0 Å². The van der Waals surface area contributed by atoms with Crippen LogP contribution in [-0.4, -0.2) is 8.42 Å². The number of nitrogens with one attached hydrogen (secondary N) is 1. The molecule has 0 unspecified atom stereocenters. The fourth-order valence-electron chi connectivity index (χ4n) is 1.58. The van der Waals surface area contributed by atoms with Crippen LogP contribution in [0.25, 0.3) is 0 Å². The number of nitrogens with two attached hydrogens (primary N) is 1. The zero-order valence-corrected chi connectivity index (χ0v) is 11.8. The van der Waals surface area contributed by atoms with Gasteiger partial charge in [-0.25, -0.2) is 13.6 Å². The molecule has 0 fully saturated rings. The van der Waals surface area contributed by atoms with E-state index in [4.69, 9.17) is 21.2 Å². The summed E-state index contributed by atoms with van der Waals surface area (Å²) in [7, 11) is -3.74. The normalized spacial score (nSPS) is 11.5. The van der Waals surface area contributed by atoms with Gasteiger partial charge >= 0.3 is 0 Å². The van der Waals surface area contributed by atoms with Gasteiger partial charge < -0.3 is 9.73 Å². The predicted octanol–water partition coefficient (Wildman–Crippen LogP) is 2.50. The molecule has 5 nitrogen and oxygen atoms in total. The van der Waals surface area contributed by atoms with Gasteiger partial charge in [0, 0.05) is 0 Å². The van der Waals surface area contributed by atoms with Gasteiger partial charge in [-0.3, -0.25) is 0 Å². The van der Waals surface area contributed by atoms with E-state index in [0.29, 0.717) is 17.3 Å². The van der Waals surface area contributed by atoms with Gasteiger partial charge in [-0.05, 0) is 36.8 Å². The standard InChI is InChI=1S/C12H13ClN2O3S/c1-8-4-5-18-12(8)7-15-11-6-9(19(14,16)17)2-3-10(11)13/h2-6,15H,7H2,1H3,(H2,14,16,17). The lowest BCUT2D eigenvalue weighted by atomic mass is 10.2. The Hall–Kier alpha value is -1.50. The Morgan fingerprint density at radius 3 is 2.68 bits per heavy atom. The van der Waals surface area contributed by atoms with Crippen LogP contribution in [0, 0.1) is 6.92 Å². The molecule has 1 heterocycles. The maximum Gasteiger partial charge on any atom is 0.238 e. The molecule has 0 aliphatic carbocycles. The Kier molecular flexibility index (Phi) is 3.84. The number of hydrogen-bond donors (Lipinski definition) is 2. The van der Waals surface area contributed by atoms with Crippen LogP contribution < -0.4 is 10.5 Å². The van der Waals surface area contributed by atoms with Gasteiger partial charge in [0.05, 0.1) is 28.4 Å². The first-order chi connectivity index (χ1) is 8.88. The second-order valence-electron chi connectivity index (χ2n) is 4.07. The molecule has 7 heteroatoms. The monoisotopic (exact) mass is 300 g/mol. The van der Waals surface area contributed by atoms with Crippen molar-refractivity contribution < 1.29 is 12.8 Å². The first kappa shape index (κ1) is 13.9. The van der Waals surface area contributed by atoms with Gasteiger partial charge in [0.25, 0.3) is 0 Å². The number of halogens is 1. The van der Waals surface area contributed by atoms with Crippen LogP contribution in [0.3, 0.4) is 0 Å². The molecule has 102 valence electrons. The molecule has 0 atom stereocenters. The summed E-state index contributed by atoms with van der Waals surface area (Å²) in [5, 5.41) is 8.51. The van der Waals surface area contributed by atoms with Gasteiger partial charge in [-0.15, -0.1) is 0 Å². The maximum absolute atomic E-state index is 11.3. The summed E-state index contributed by atoms with van der Waals surface area (Å²) in [5.41, 5.74) is 1.50. The van der Waals surface area contributed by atoms with Crippen LogP contribution in [0.1, 0.15) is 11.3 Å². The molecule has 19 heavy (non-hydrogen) atoms. The highest BCUT2D eigenvalue weighted by atomic mass is 35.5. The van der Waals surface area contributed by atoms with E-state index in [0.717, 1.165) is 11.3 Å². The number of furan rings is 1. The number of aryl methyl sites for hydroxylation is 1. The van der Waals surface area contributed by atoms with Crippen molar-refractivity contribution >= 4 is 27.3 Å². The summed E-state index contributed by atoms with van der Waals surface area (Å²) in [6, 6.07) is 6.09. The van der Waals surface area contributed by atoms with E-state index in [1.165, 1.54) is 18.2 Å². The second kappa shape index (κ2) is 5.24. The molecule has 2 rings (SSSR count). The fraction of sp³-hybridized carbons (Fsp3) is 0.167. The van der Waals surface area contributed by atoms with E-state index in [1.54, 1.807) is 6.26 Å². The molecule has 3 N–H and O–H groups in total. The Bertz CT molecular complexity index is 695. The third-order valence-corrected chi connectivity index (χ3v) is 3.91. The van der Waals surface area contributed by atoms with Gasteiger partial charge in [-0.2, -0.15) is 0 Å². The highest BCUT2D eigenvalue weighted by Gasteiger charge is 2.11. The van der Waals surface area contributed by atoms with E-state index in [-0.39, 0.29) is 4.90 Å².